The van der Waals surface area contributed by atoms with Crippen LogP contribution in [0, 0.1) is 0 Å². The number of hydrogen-bond acceptors (Lipinski definition) is 3. The molecule has 1 aliphatic heterocycles. The Bertz CT molecular complexity index is 582. The van der Waals surface area contributed by atoms with Gasteiger partial charge < -0.3 is 0 Å². The molecule has 1 saturated heterocycles. The maximum Gasteiger partial charge on any atom is 0.101 e. The minimum absolute atomic E-state index is 0.568. The summed E-state index contributed by atoms with van der Waals surface area (Å²) in [5, 5.41) is 1.08. The maximum absolute atomic E-state index is 4.70. The van der Waals surface area contributed by atoms with E-state index in [9.17, 15) is 0 Å². The van der Waals surface area contributed by atoms with E-state index in [0.29, 0.717) is 6.04 Å². The molecule has 0 saturated carbocycles. The van der Waals surface area contributed by atoms with E-state index in [4.69, 9.17) is 4.98 Å². The lowest BCUT2D eigenvalue weighted by atomic mass is 9.96. The minimum atomic E-state index is 0.568. The van der Waals surface area contributed by atoms with Gasteiger partial charge >= 0.3 is 0 Å². The van der Waals surface area contributed by atoms with E-state index in [1.807, 2.05) is 0 Å². The number of pyridine rings is 1. The van der Waals surface area contributed by atoms with Gasteiger partial charge in [0.2, 0.25) is 0 Å². The van der Waals surface area contributed by atoms with Crippen LogP contribution in [-0.2, 0) is 0 Å². The number of benzene rings is 1. The molecule has 1 aliphatic rings. The molecule has 1 aromatic heterocycles. The summed E-state index contributed by atoms with van der Waals surface area (Å²) in [5.41, 5.74) is 1.39. The first-order chi connectivity index (χ1) is 11.4. The molecule has 0 N–H and O–H groups in total. The van der Waals surface area contributed by atoms with Crippen LogP contribution in [0.3, 0.4) is 0 Å². The highest BCUT2D eigenvalue weighted by Crippen LogP contribution is 2.32. The first-order valence-electron chi connectivity index (χ1n) is 8.79. The third-order valence-electron chi connectivity index (χ3n) is 4.52. The van der Waals surface area contributed by atoms with Crippen LogP contribution < -0.4 is 0 Å². The van der Waals surface area contributed by atoms with Crippen molar-refractivity contribution in [3.05, 3.63) is 54.2 Å². The Kier molecular flexibility index (Phi) is 6.12. The highest BCUT2D eigenvalue weighted by atomic mass is 32.2. The Morgan fingerprint density at radius 2 is 2.00 bits per heavy atom. The summed E-state index contributed by atoms with van der Waals surface area (Å²) < 4.78 is 0. The Morgan fingerprint density at radius 3 is 2.74 bits per heavy atom. The van der Waals surface area contributed by atoms with E-state index in [1.54, 1.807) is 11.8 Å². The quantitative estimate of drug-likeness (QED) is 0.691. The van der Waals surface area contributed by atoms with Crippen molar-refractivity contribution in [2.24, 2.45) is 0 Å². The van der Waals surface area contributed by atoms with Crippen molar-refractivity contribution in [1.82, 2.24) is 9.88 Å². The van der Waals surface area contributed by atoms with Crippen molar-refractivity contribution >= 4 is 11.8 Å². The fourth-order valence-corrected chi connectivity index (χ4v) is 4.03. The summed E-state index contributed by atoms with van der Waals surface area (Å²) in [4.78, 5) is 8.61. The lowest BCUT2D eigenvalue weighted by Gasteiger charge is -2.35. The van der Waals surface area contributed by atoms with Crippen LogP contribution >= 0.6 is 11.8 Å². The molecule has 0 bridgehead atoms. The summed E-state index contributed by atoms with van der Waals surface area (Å²) in [6.07, 6.45) is 8.63. The zero-order chi connectivity index (χ0) is 15.9. The van der Waals surface area contributed by atoms with E-state index in [-0.39, 0.29) is 0 Å². The Balaban J connectivity index is 1.67. The Morgan fingerprint density at radius 1 is 1.13 bits per heavy atom. The van der Waals surface area contributed by atoms with Gasteiger partial charge in [-0.25, -0.2) is 4.98 Å². The van der Waals surface area contributed by atoms with Gasteiger partial charge in [0.05, 0.1) is 0 Å². The molecule has 122 valence electrons. The summed E-state index contributed by atoms with van der Waals surface area (Å²) in [6.45, 7) is 4.74. The average Bonchev–Trinajstić information content (AvgIpc) is 2.62. The molecule has 2 aromatic rings. The molecular formula is C20H26N2S. The molecule has 3 heteroatoms. The minimum Gasteiger partial charge on any atom is -0.296 e. The molecular weight excluding hydrogens is 300 g/mol. The molecule has 23 heavy (non-hydrogen) atoms. The smallest absolute Gasteiger partial charge is 0.101 e. The van der Waals surface area contributed by atoms with Crippen LogP contribution in [0.2, 0.25) is 0 Å². The fourth-order valence-electron chi connectivity index (χ4n) is 3.26. The second-order valence-corrected chi connectivity index (χ2v) is 7.34. The first-order valence-corrected chi connectivity index (χ1v) is 9.61. The third kappa shape index (κ3) is 4.58. The van der Waals surface area contributed by atoms with E-state index < -0.39 is 0 Å². The van der Waals surface area contributed by atoms with Crippen LogP contribution in [0.1, 0.15) is 50.6 Å². The summed E-state index contributed by atoms with van der Waals surface area (Å²) in [7, 11) is 0. The van der Waals surface area contributed by atoms with Gasteiger partial charge in [0.25, 0.3) is 0 Å². The molecule has 0 spiro atoms. The van der Waals surface area contributed by atoms with Crippen LogP contribution in [-0.4, -0.2) is 23.0 Å². The normalized spacial score (nSPS) is 18.9. The van der Waals surface area contributed by atoms with Crippen molar-refractivity contribution in [2.75, 3.05) is 13.1 Å². The second kappa shape index (κ2) is 8.51. The lowest BCUT2D eigenvalue weighted by molar-refractivity contribution is 0.146. The van der Waals surface area contributed by atoms with Crippen LogP contribution in [0.5, 0.6) is 0 Å². The average molecular weight is 327 g/mol. The molecule has 2 heterocycles. The highest BCUT2D eigenvalue weighted by Gasteiger charge is 2.23. The Labute approximate surface area is 144 Å². The van der Waals surface area contributed by atoms with Crippen molar-refractivity contribution in [2.45, 2.75) is 55.0 Å². The molecule has 3 rings (SSSR count). The van der Waals surface area contributed by atoms with Crippen molar-refractivity contribution in [1.29, 1.82) is 0 Å². The van der Waals surface area contributed by atoms with E-state index in [2.05, 4.69) is 60.5 Å². The number of aromatic nitrogens is 1. The topological polar surface area (TPSA) is 16.1 Å². The number of hydrogen-bond donors (Lipinski definition) is 0. The SMILES string of the molecule is CCCCN1CCCC[C@@H]1c1ccc(Sc2ccccc2)nc1. The monoisotopic (exact) mass is 326 g/mol. The summed E-state index contributed by atoms with van der Waals surface area (Å²) in [6, 6.07) is 15.5. The number of likely N-dealkylation sites (tertiary alicyclic amines) is 1. The fraction of sp³-hybridized carbons (Fsp3) is 0.450. The molecule has 2 nitrogen and oxygen atoms in total. The van der Waals surface area contributed by atoms with Gasteiger partial charge in [0.15, 0.2) is 0 Å². The largest absolute Gasteiger partial charge is 0.296 e. The molecule has 1 atom stereocenters. The lowest BCUT2D eigenvalue weighted by Crippen LogP contribution is -2.34. The molecule has 0 aliphatic carbocycles. The van der Waals surface area contributed by atoms with Crippen LogP contribution in [0.25, 0.3) is 0 Å². The van der Waals surface area contributed by atoms with E-state index in [0.717, 1.165) is 5.03 Å². The van der Waals surface area contributed by atoms with Gasteiger partial charge in [-0.2, -0.15) is 0 Å². The predicted molar refractivity (Wildman–Crippen MR) is 97.9 cm³/mol. The van der Waals surface area contributed by atoms with Crippen LogP contribution in [0.4, 0.5) is 0 Å². The van der Waals surface area contributed by atoms with Crippen molar-refractivity contribution in [3.8, 4) is 0 Å². The van der Waals surface area contributed by atoms with Gasteiger partial charge in [-0.15, -0.1) is 0 Å². The number of rotatable bonds is 6. The van der Waals surface area contributed by atoms with Crippen LogP contribution in [0.15, 0.2) is 58.6 Å². The van der Waals surface area contributed by atoms with Gasteiger partial charge in [-0.3, -0.25) is 4.90 Å². The molecule has 1 fully saturated rings. The third-order valence-corrected chi connectivity index (χ3v) is 5.48. The molecule has 1 aromatic carbocycles. The van der Waals surface area contributed by atoms with Crippen molar-refractivity contribution < 1.29 is 0 Å². The van der Waals surface area contributed by atoms with Gasteiger partial charge in [0, 0.05) is 17.1 Å². The van der Waals surface area contributed by atoms with Gasteiger partial charge in [-0.05, 0) is 56.1 Å². The number of piperidine rings is 1. The second-order valence-electron chi connectivity index (χ2n) is 6.25. The molecule has 0 radical (unpaired) electrons. The maximum atomic E-state index is 4.70. The molecule has 0 amide bonds. The zero-order valence-electron chi connectivity index (χ0n) is 13.9. The van der Waals surface area contributed by atoms with E-state index in [1.165, 1.54) is 55.7 Å². The van der Waals surface area contributed by atoms with Crippen molar-refractivity contribution in [3.63, 3.8) is 0 Å². The standard InChI is InChI=1S/C20H26N2S/c1-2-3-14-22-15-8-7-11-19(22)17-12-13-20(21-16-17)23-18-9-5-4-6-10-18/h4-6,9-10,12-13,16,19H,2-3,7-8,11,14-15H2,1H3/t19-/m1/s1. The predicted octanol–water partition coefficient (Wildman–Crippen LogP) is 5.56. The summed E-state index contributed by atoms with van der Waals surface area (Å²) >= 11 is 1.73. The summed E-state index contributed by atoms with van der Waals surface area (Å²) in [5.74, 6) is 0. The number of unbranched alkanes of at least 4 members (excludes halogenated alkanes) is 1. The van der Waals surface area contributed by atoms with Gasteiger partial charge in [-0.1, -0.05) is 55.8 Å². The molecule has 0 unspecified atom stereocenters. The zero-order valence-corrected chi connectivity index (χ0v) is 14.8. The first kappa shape index (κ1) is 16.5. The highest BCUT2D eigenvalue weighted by molar-refractivity contribution is 7.99. The Hall–Kier alpha value is -1.32. The van der Waals surface area contributed by atoms with Gasteiger partial charge in [0.1, 0.15) is 5.03 Å². The number of nitrogens with zero attached hydrogens (tertiary/aromatic N) is 2. The van der Waals surface area contributed by atoms with E-state index >= 15 is 0 Å².